The smallest absolute Gasteiger partial charge is 0.433 e. The molecule has 8 heteroatoms. The van der Waals surface area contributed by atoms with Gasteiger partial charge in [0.25, 0.3) is 5.88 Å². The molecule has 0 aliphatic heterocycles. The Bertz CT molecular complexity index is 673. The van der Waals surface area contributed by atoms with Crippen LogP contribution < -0.4 is 9.47 Å². The van der Waals surface area contributed by atoms with Gasteiger partial charge in [0.15, 0.2) is 12.0 Å². The van der Waals surface area contributed by atoms with E-state index in [2.05, 4.69) is 9.97 Å². The van der Waals surface area contributed by atoms with Gasteiger partial charge in [-0.3, -0.25) is 9.78 Å². The third-order valence-corrected chi connectivity index (χ3v) is 2.77. The summed E-state index contributed by atoms with van der Waals surface area (Å²) in [7, 11) is 0. The standard InChI is InChI=1S/C15H13F3N2O3/c1-2-22-12-5-11(8-21)7-20-14(12)23-9-10-3-4-13(19-6-10)15(16,17)18/h3-8H,2,9H2,1H3. The second-order valence-corrected chi connectivity index (χ2v) is 4.46. The fourth-order valence-electron chi connectivity index (χ4n) is 1.71. The maximum absolute atomic E-state index is 12.4. The number of aldehydes is 1. The number of halogens is 3. The quantitative estimate of drug-likeness (QED) is 0.762. The summed E-state index contributed by atoms with van der Waals surface area (Å²) in [6, 6.07) is 3.63. The molecule has 0 radical (unpaired) electrons. The van der Waals surface area contributed by atoms with Crippen LogP contribution in [0.3, 0.4) is 0 Å². The average molecular weight is 326 g/mol. The lowest BCUT2D eigenvalue weighted by molar-refractivity contribution is -0.141. The van der Waals surface area contributed by atoms with Gasteiger partial charge in [-0.25, -0.2) is 4.98 Å². The Hall–Kier alpha value is -2.64. The van der Waals surface area contributed by atoms with Crippen molar-refractivity contribution in [3.8, 4) is 11.6 Å². The van der Waals surface area contributed by atoms with Crippen LogP contribution in [-0.4, -0.2) is 22.9 Å². The minimum Gasteiger partial charge on any atom is -0.488 e. The van der Waals surface area contributed by atoms with Crippen LogP contribution in [0.15, 0.2) is 30.6 Å². The van der Waals surface area contributed by atoms with Crippen molar-refractivity contribution in [3.63, 3.8) is 0 Å². The third-order valence-electron chi connectivity index (χ3n) is 2.77. The van der Waals surface area contributed by atoms with Gasteiger partial charge in [-0.1, -0.05) is 6.07 Å². The second-order valence-electron chi connectivity index (χ2n) is 4.46. The van der Waals surface area contributed by atoms with Crippen molar-refractivity contribution in [1.29, 1.82) is 0 Å². The molecule has 23 heavy (non-hydrogen) atoms. The van der Waals surface area contributed by atoms with Crippen LogP contribution in [0.4, 0.5) is 13.2 Å². The molecule has 0 spiro atoms. The first-order chi connectivity index (χ1) is 10.9. The SMILES string of the molecule is CCOc1cc(C=O)cnc1OCc1ccc(C(F)(F)F)nc1. The molecule has 122 valence electrons. The average Bonchev–Trinajstić information content (AvgIpc) is 2.53. The number of rotatable bonds is 6. The number of pyridine rings is 2. The monoisotopic (exact) mass is 326 g/mol. The summed E-state index contributed by atoms with van der Waals surface area (Å²) in [6.07, 6.45) is -1.45. The Balaban J connectivity index is 2.09. The number of alkyl halides is 3. The molecule has 2 aromatic heterocycles. The van der Waals surface area contributed by atoms with E-state index in [0.717, 1.165) is 12.3 Å². The predicted molar refractivity (Wildman–Crippen MR) is 74.4 cm³/mol. The zero-order valence-corrected chi connectivity index (χ0v) is 12.1. The van der Waals surface area contributed by atoms with Gasteiger partial charge in [-0.15, -0.1) is 0 Å². The van der Waals surface area contributed by atoms with Crippen molar-refractivity contribution < 1.29 is 27.4 Å². The van der Waals surface area contributed by atoms with E-state index in [4.69, 9.17) is 9.47 Å². The minimum absolute atomic E-state index is 0.0291. The molecule has 0 saturated carbocycles. The second kappa shape index (κ2) is 7.08. The Morgan fingerprint density at radius 2 is 1.96 bits per heavy atom. The fraction of sp³-hybridized carbons (Fsp3) is 0.267. The summed E-state index contributed by atoms with van der Waals surface area (Å²) in [5.74, 6) is 0.439. The Morgan fingerprint density at radius 1 is 1.17 bits per heavy atom. The number of ether oxygens (including phenoxy) is 2. The van der Waals surface area contributed by atoms with Crippen molar-refractivity contribution in [2.24, 2.45) is 0 Å². The van der Waals surface area contributed by atoms with Crippen molar-refractivity contribution in [1.82, 2.24) is 9.97 Å². The van der Waals surface area contributed by atoms with Crippen LogP contribution in [0.1, 0.15) is 28.5 Å². The normalized spacial score (nSPS) is 11.1. The molecular weight excluding hydrogens is 313 g/mol. The summed E-state index contributed by atoms with van der Waals surface area (Å²) in [6.45, 7) is 2.08. The van der Waals surface area contributed by atoms with E-state index in [9.17, 15) is 18.0 Å². The molecule has 0 unspecified atom stereocenters. The molecule has 0 aromatic carbocycles. The molecule has 2 heterocycles. The van der Waals surface area contributed by atoms with Gasteiger partial charge in [0.1, 0.15) is 12.3 Å². The van der Waals surface area contributed by atoms with E-state index in [-0.39, 0.29) is 18.2 Å². The molecule has 2 rings (SSSR count). The summed E-state index contributed by atoms with van der Waals surface area (Å²) in [5.41, 5.74) is -0.191. The van der Waals surface area contributed by atoms with Crippen LogP contribution in [-0.2, 0) is 12.8 Å². The Morgan fingerprint density at radius 3 is 2.52 bits per heavy atom. The van der Waals surface area contributed by atoms with Crippen LogP contribution in [0.5, 0.6) is 11.6 Å². The van der Waals surface area contributed by atoms with E-state index < -0.39 is 11.9 Å². The Labute approximate surface area is 130 Å². The maximum Gasteiger partial charge on any atom is 0.433 e. The number of carbonyl (C=O) groups excluding carboxylic acids is 1. The van der Waals surface area contributed by atoms with Crippen molar-refractivity contribution >= 4 is 6.29 Å². The summed E-state index contributed by atoms with van der Waals surface area (Å²) in [4.78, 5) is 18.0. The van der Waals surface area contributed by atoms with Crippen LogP contribution >= 0.6 is 0 Å². The molecule has 5 nitrogen and oxygen atoms in total. The topological polar surface area (TPSA) is 61.3 Å². The highest BCUT2D eigenvalue weighted by atomic mass is 19.4. The van der Waals surface area contributed by atoms with Crippen molar-refractivity contribution in [2.75, 3.05) is 6.61 Å². The first-order valence-electron chi connectivity index (χ1n) is 6.67. The van der Waals surface area contributed by atoms with Gasteiger partial charge >= 0.3 is 6.18 Å². The number of aromatic nitrogens is 2. The molecule has 0 aliphatic carbocycles. The molecular formula is C15H13F3N2O3. The molecule has 0 atom stereocenters. The van der Waals surface area contributed by atoms with E-state index in [0.29, 0.717) is 24.0 Å². The van der Waals surface area contributed by atoms with Gasteiger partial charge in [0.2, 0.25) is 0 Å². The summed E-state index contributed by atoms with van der Waals surface area (Å²) < 4.78 is 48.0. The lowest BCUT2D eigenvalue weighted by atomic mass is 10.2. The maximum atomic E-state index is 12.4. The van der Waals surface area contributed by atoms with E-state index in [1.165, 1.54) is 18.3 Å². The number of nitrogens with zero attached hydrogens (tertiary/aromatic N) is 2. The van der Waals surface area contributed by atoms with Gasteiger partial charge in [0, 0.05) is 23.5 Å². The molecule has 0 amide bonds. The van der Waals surface area contributed by atoms with Gasteiger partial charge in [-0.05, 0) is 19.1 Å². The molecule has 0 aliphatic rings. The van der Waals surface area contributed by atoms with Crippen molar-refractivity contribution in [3.05, 3.63) is 47.4 Å². The van der Waals surface area contributed by atoms with Gasteiger partial charge < -0.3 is 9.47 Å². The van der Waals surface area contributed by atoms with E-state index >= 15 is 0 Å². The number of hydrogen-bond donors (Lipinski definition) is 0. The molecule has 0 N–H and O–H groups in total. The zero-order valence-electron chi connectivity index (χ0n) is 12.1. The van der Waals surface area contributed by atoms with E-state index in [1.54, 1.807) is 6.92 Å². The van der Waals surface area contributed by atoms with Crippen LogP contribution in [0.25, 0.3) is 0 Å². The van der Waals surface area contributed by atoms with E-state index in [1.807, 2.05) is 0 Å². The van der Waals surface area contributed by atoms with Crippen LogP contribution in [0, 0.1) is 0 Å². The zero-order chi connectivity index (χ0) is 16.9. The van der Waals surface area contributed by atoms with Crippen LogP contribution in [0.2, 0.25) is 0 Å². The molecule has 0 fully saturated rings. The molecule has 2 aromatic rings. The number of hydrogen-bond acceptors (Lipinski definition) is 5. The highest BCUT2D eigenvalue weighted by Crippen LogP contribution is 2.28. The first-order valence-corrected chi connectivity index (χ1v) is 6.67. The summed E-state index contributed by atoms with van der Waals surface area (Å²) in [5, 5.41) is 0. The highest BCUT2D eigenvalue weighted by molar-refractivity contribution is 5.75. The largest absolute Gasteiger partial charge is 0.488 e. The lowest BCUT2D eigenvalue weighted by Gasteiger charge is -2.11. The lowest BCUT2D eigenvalue weighted by Crippen LogP contribution is -2.08. The molecule has 0 saturated heterocycles. The van der Waals surface area contributed by atoms with Gasteiger partial charge in [-0.2, -0.15) is 13.2 Å². The minimum atomic E-state index is -4.48. The summed E-state index contributed by atoms with van der Waals surface area (Å²) >= 11 is 0. The van der Waals surface area contributed by atoms with Crippen molar-refractivity contribution in [2.45, 2.75) is 19.7 Å². The fourth-order valence-corrected chi connectivity index (χ4v) is 1.71. The first kappa shape index (κ1) is 16.7. The van der Waals surface area contributed by atoms with Gasteiger partial charge in [0.05, 0.1) is 6.61 Å². The highest BCUT2D eigenvalue weighted by Gasteiger charge is 2.32. The predicted octanol–water partition coefficient (Wildman–Crippen LogP) is 3.29. The number of carbonyl (C=O) groups is 1. The Kier molecular flexibility index (Phi) is 5.15. The molecule has 0 bridgehead atoms. The third kappa shape index (κ3) is 4.41.